The molecular formula is C24H31N5O5. The summed E-state index contributed by atoms with van der Waals surface area (Å²) < 4.78 is 5.53. The number of ether oxygens (including phenoxy) is 1. The number of carboxylic acids is 1. The summed E-state index contributed by atoms with van der Waals surface area (Å²) in [6.07, 6.45) is 0.0114. The van der Waals surface area contributed by atoms with Crippen molar-refractivity contribution in [1.29, 1.82) is 0 Å². The van der Waals surface area contributed by atoms with Crippen LogP contribution in [0.25, 0.3) is 0 Å². The summed E-state index contributed by atoms with van der Waals surface area (Å²) in [5.41, 5.74) is 11.5. The Hall–Kier alpha value is -3.76. The molecule has 1 fully saturated rings. The number of carboxylic acid groups (broad SMARTS) is 1. The summed E-state index contributed by atoms with van der Waals surface area (Å²) in [5.74, 6) is -1.29. The molecule has 0 spiro atoms. The van der Waals surface area contributed by atoms with Gasteiger partial charge in [0, 0.05) is 19.1 Å². The number of amides is 2. The number of carbonyl (C=O) groups excluding carboxylic acids is 3. The van der Waals surface area contributed by atoms with Crippen molar-refractivity contribution in [2.45, 2.75) is 32.4 Å². The van der Waals surface area contributed by atoms with E-state index in [1.165, 1.54) is 5.56 Å². The van der Waals surface area contributed by atoms with Crippen LogP contribution in [0.5, 0.6) is 0 Å². The first-order valence-electron chi connectivity index (χ1n) is 10.9. The lowest BCUT2D eigenvalue weighted by Gasteiger charge is -2.32. The van der Waals surface area contributed by atoms with E-state index in [2.05, 4.69) is 10.7 Å². The zero-order chi connectivity index (χ0) is 24.9. The standard InChI is InChI=1S/C22H27N5O3.C2H4O2/c23-21(24)18-8-6-17(7-9-18)15-25-20(28)14-19-22(29)27(12-13-30-19)26-11-10-16-4-2-1-3-5-16;1-2(3)4/h1-9,19,26H,10-15H2,(H3,23,24)(H,25,28);1H3,(H,3,4)/t19-;/m1./s1. The third kappa shape index (κ3) is 9.39. The summed E-state index contributed by atoms with van der Waals surface area (Å²) in [6, 6.07) is 17.3. The van der Waals surface area contributed by atoms with Crippen molar-refractivity contribution < 1.29 is 29.6 Å². The van der Waals surface area contributed by atoms with E-state index in [0.717, 1.165) is 24.5 Å². The van der Waals surface area contributed by atoms with Crippen molar-refractivity contribution in [3.63, 3.8) is 0 Å². The van der Waals surface area contributed by atoms with E-state index in [1.807, 2.05) is 42.5 Å². The number of aliphatic carboxylic acids is 1. The van der Waals surface area contributed by atoms with Crippen LogP contribution in [-0.2, 0) is 32.1 Å². The van der Waals surface area contributed by atoms with Crippen LogP contribution in [-0.4, -0.2) is 54.4 Å². The molecule has 182 valence electrons. The van der Waals surface area contributed by atoms with Crippen LogP contribution in [0.1, 0.15) is 30.0 Å². The molecule has 10 heteroatoms. The summed E-state index contributed by atoms with van der Waals surface area (Å²) in [4.78, 5) is 33.8. The van der Waals surface area contributed by atoms with Gasteiger partial charge in [-0.25, -0.2) is 5.43 Å². The number of hydrogen-bond acceptors (Lipinski definition) is 6. The first kappa shape index (κ1) is 26.5. The van der Waals surface area contributed by atoms with E-state index in [9.17, 15) is 9.59 Å². The van der Waals surface area contributed by atoms with Crippen molar-refractivity contribution >= 4 is 23.6 Å². The summed E-state index contributed by atoms with van der Waals surface area (Å²) >= 11 is 0. The van der Waals surface area contributed by atoms with Gasteiger partial charge in [-0.1, -0.05) is 42.5 Å². The minimum absolute atomic E-state index is 0.0166. The molecule has 2 aromatic carbocycles. The van der Waals surface area contributed by atoms with Gasteiger partial charge in [-0.05, 0) is 36.6 Å². The van der Waals surface area contributed by atoms with Gasteiger partial charge in [0.1, 0.15) is 6.10 Å². The number of hydrogen-bond donors (Lipinski definition) is 4. The van der Waals surface area contributed by atoms with E-state index in [1.54, 1.807) is 17.1 Å². The Morgan fingerprint density at radius 1 is 1.15 bits per heavy atom. The van der Waals surface area contributed by atoms with E-state index in [4.69, 9.17) is 25.8 Å². The Morgan fingerprint density at radius 2 is 1.79 bits per heavy atom. The van der Waals surface area contributed by atoms with Gasteiger partial charge < -0.3 is 20.0 Å². The van der Waals surface area contributed by atoms with Gasteiger partial charge in [-0.15, -0.1) is 0 Å². The molecular weight excluding hydrogens is 438 g/mol. The van der Waals surface area contributed by atoms with Crippen molar-refractivity contribution in [2.75, 3.05) is 19.7 Å². The maximum Gasteiger partial charge on any atom is 0.270 e. The Kier molecular flexibility index (Phi) is 10.7. The summed E-state index contributed by atoms with van der Waals surface area (Å²) in [7, 11) is 0. The highest BCUT2D eigenvalue weighted by Gasteiger charge is 2.31. The van der Waals surface area contributed by atoms with E-state index >= 15 is 0 Å². The molecule has 10 nitrogen and oxygen atoms in total. The average molecular weight is 470 g/mol. The molecule has 2 aromatic rings. The number of hydrazine groups is 1. The zero-order valence-corrected chi connectivity index (χ0v) is 19.2. The van der Waals surface area contributed by atoms with Crippen LogP contribution in [0, 0.1) is 0 Å². The molecule has 0 unspecified atom stereocenters. The van der Waals surface area contributed by atoms with E-state index in [-0.39, 0.29) is 24.1 Å². The largest absolute Gasteiger partial charge is 0.550 e. The van der Waals surface area contributed by atoms with Gasteiger partial charge in [0.05, 0.1) is 25.1 Å². The normalized spacial score (nSPS) is 15.1. The number of nitrogens with zero attached hydrogens (tertiary/aromatic N) is 1. The van der Waals surface area contributed by atoms with Crippen molar-refractivity contribution in [3.05, 3.63) is 71.3 Å². The Labute approximate surface area is 198 Å². The Morgan fingerprint density at radius 3 is 2.41 bits per heavy atom. The summed E-state index contributed by atoms with van der Waals surface area (Å²) in [5, 5.41) is 18.8. The molecule has 3 rings (SSSR count). The molecule has 2 amide bonds. The predicted molar refractivity (Wildman–Crippen MR) is 123 cm³/mol. The van der Waals surface area contributed by atoms with Crippen LogP contribution < -0.4 is 27.0 Å². The first-order chi connectivity index (χ1) is 16.3. The second-order valence-electron chi connectivity index (χ2n) is 7.62. The maximum absolute atomic E-state index is 12.6. The molecule has 1 saturated heterocycles. The van der Waals surface area contributed by atoms with Gasteiger partial charge in [0.2, 0.25) is 5.91 Å². The smallest absolute Gasteiger partial charge is 0.270 e. The summed E-state index contributed by atoms with van der Waals surface area (Å²) in [6.45, 7) is 2.80. The van der Waals surface area contributed by atoms with Crippen LogP contribution in [0.2, 0.25) is 0 Å². The molecule has 1 atom stereocenters. The fourth-order valence-corrected chi connectivity index (χ4v) is 3.18. The molecule has 34 heavy (non-hydrogen) atoms. The molecule has 0 bridgehead atoms. The molecule has 0 saturated carbocycles. The lowest BCUT2D eigenvalue weighted by molar-refractivity contribution is -0.302. The SMILES string of the molecule is CC(=O)[O-].NC(=[NH2+])c1ccc(CNC(=O)C[C@H]2OCCN(NCCc3ccccc3)C2=O)cc1. The number of nitrogens with two attached hydrogens (primary N) is 2. The highest BCUT2D eigenvalue weighted by atomic mass is 16.5. The Balaban J connectivity index is 0.000000945. The quantitative estimate of drug-likeness (QED) is 0.241. The number of nitrogens with one attached hydrogen (secondary N) is 2. The van der Waals surface area contributed by atoms with Crippen LogP contribution >= 0.6 is 0 Å². The molecule has 1 aliphatic rings. The van der Waals surface area contributed by atoms with E-state index in [0.29, 0.717) is 26.2 Å². The molecule has 1 heterocycles. The predicted octanol–water partition coefficient (Wildman–Crippen LogP) is -2.11. The van der Waals surface area contributed by atoms with Gasteiger partial charge in [-0.2, -0.15) is 0 Å². The topological polar surface area (TPSA) is 162 Å². The highest BCUT2D eigenvalue weighted by Crippen LogP contribution is 2.10. The molecule has 0 aromatic heterocycles. The van der Waals surface area contributed by atoms with Gasteiger partial charge in [-0.3, -0.25) is 25.7 Å². The third-order valence-corrected chi connectivity index (χ3v) is 4.88. The zero-order valence-electron chi connectivity index (χ0n) is 19.2. The minimum atomic E-state index is -1.08. The van der Waals surface area contributed by atoms with Crippen molar-refractivity contribution in [2.24, 2.45) is 5.73 Å². The van der Waals surface area contributed by atoms with Gasteiger partial charge in [0.15, 0.2) is 0 Å². The number of benzene rings is 2. The second-order valence-corrected chi connectivity index (χ2v) is 7.62. The van der Waals surface area contributed by atoms with Gasteiger partial charge >= 0.3 is 0 Å². The average Bonchev–Trinajstić information content (AvgIpc) is 2.81. The number of carbonyl (C=O) groups is 3. The van der Waals surface area contributed by atoms with Crippen LogP contribution in [0.3, 0.4) is 0 Å². The first-order valence-corrected chi connectivity index (χ1v) is 10.9. The second kappa shape index (κ2) is 13.7. The van der Waals surface area contributed by atoms with E-state index < -0.39 is 12.1 Å². The Bertz CT molecular complexity index is 961. The minimum Gasteiger partial charge on any atom is -0.550 e. The maximum atomic E-state index is 12.6. The fourth-order valence-electron chi connectivity index (χ4n) is 3.18. The molecule has 1 aliphatic heterocycles. The molecule has 0 radical (unpaired) electrons. The van der Waals surface area contributed by atoms with Crippen molar-refractivity contribution in [1.82, 2.24) is 15.8 Å². The molecule has 0 aliphatic carbocycles. The third-order valence-electron chi connectivity index (χ3n) is 4.88. The molecule has 6 N–H and O–H groups in total. The number of amidine groups is 1. The van der Waals surface area contributed by atoms with Crippen LogP contribution in [0.4, 0.5) is 0 Å². The lowest BCUT2D eigenvalue weighted by atomic mass is 10.1. The lowest BCUT2D eigenvalue weighted by Crippen LogP contribution is -2.55. The highest BCUT2D eigenvalue weighted by molar-refractivity contribution is 5.92. The van der Waals surface area contributed by atoms with Gasteiger partial charge in [0.25, 0.3) is 11.7 Å². The van der Waals surface area contributed by atoms with Crippen molar-refractivity contribution in [3.8, 4) is 0 Å². The fraction of sp³-hybridized carbons (Fsp3) is 0.333. The number of morpholine rings is 1. The monoisotopic (exact) mass is 469 g/mol. The number of rotatable bonds is 9. The van der Waals surface area contributed by atoms with Crippen LogP contribution in [0.15, 0.2) is 54.6 Å².